The van der Waals surface area contributed by atoms with Crippen molar-refractivity contribution in [2.75, 3.05) is 25.4 Å². The first-order valence-electron chi connectivity index (χ1n) is 7.74. The maximum atomic E-state index is 12.3. The van der Waals surface area contributed by atoms with Gasteiger partial charge in [-0.05, 0) is 44.7 Å². The number of nitrogens with zero attached hydrogens (tertiary/aromatic N) is 1. The average Bonchev–Trinajstić information content (AvgIpc) is 2.49. The van der Waals surface area contributed by atoms with Gasteiger partial charge in [-0.25, -0.2) is 12.7 Å². The van der Waals surface area contributed by atoms with Crippen molar-refractivity contribution in [2.45, 2.75) is 32.8 Å². The van der Waals surface area contributed by atoms with Crippen molar-refractivity contribution in [2.24, 2.45) is 5.92 Å². The molecule has 0 aromatic heterocycles. The number of piperidine rings is 1. The van der Waals surface area contributed by atoms with Crippen LogP contribution in [-0.2, 0) is 10.0 Å². The number of aliphatic hydroxyl groups excluding tert-OH is 1. The third-order valence-corrected chi connectivity index (χ3v) is 6.04. The highest BCUT2D eigenvalue weighted by molar-refractivity contribution is 7.89. The summed E-state index contributed by atoms with van der Waals surface area (Å²) in [6, 6.07) is 7.56. The molecule has 2 rings (SSSR count). The average molecular weight is 327 g/mol. The van der Waals surface area contributed by atoms with E-state index in [1.165, 1.54) is 4.31 Å². The number of hydrogen-bond acceptors (Lipinski definition) is 4. The Morgan fingerprint density at radius 2 is 1.86 bits per heavy atom. The van der Waals surface area contributed by atoms with Crippen LogP contribution in [0.5, 0.6) is 5.75 Å². The van der Waals surface area contributed by atoms with Crippen molar-refractivity contribution in [1.82, 2.24) is 4.31 Å². The minimum atomic E-state index is -3.28. The molecule has 1 aromatic carbocycles. The van der Waals surface area contributed by atoms with Gasteiger partial charge in [0.05, 0.1) is 11.9 Å². The summed E-state index contributed by atoms with van der Waals surface area (Å²) in [4.78, 5) is 0. The first kappa shape index (κ1) is 17.2. The van der Waals surface area contributed by atoms with Gasteiger partial charge in [0, 0.05) is 13.1 Å². The molecule has 1 aliphatic rings. The Kier molecular flexibility index (Phi) is 5.83. The zero-order valence-corrected chi connectivity index (χ0v) is 14.1. The molecule has 1 aromatic rings. The van der Waals surface area contributed by atoms with E-state index in [1.807, 2.05) is 31.2 Å². The van der Waals surface area contributed by atoms with Crippen LogP contribution in [0, 0.1) is 12.8 Å². The van der Waals surface area contributed by atoms with E-state index in [0.717, 1.165) is 18.4 Å². The molecule has 22 heavy (non-hydrogen) atoms. The van der Waals surface area contributed by atoms with E-state index in [-0.39, 0.29) is 24.4 Å². The third-order valence-electron chi connectivity index (χ3n) is 4.21. The van der Waals surface area contributed by atoms with Crippen LogP contribution < -0.4 is 4.74 Å². The second-order valence-corrected chi connectivity index (χ2v) is 8.04. The number of sulfonamides is 1. The summed E-state index contributed by atoms with van der Waals surface area (Å²) in [5, 5.41) is 9.57. The molecular formula is C16H25NO4S. The number of ether oxygens (including phenoxy) is 1. The molecule has 0 spiro atoms. The molecule has 1 heterocycles. The second kappa shape index (κ2) is 7.44. The minimum absolute atomic E-state index is 0.0137. The van der Waals surface area contributed by atoms with Crippen LogP contribution in [0.4, 0.5) is 0 Å². The molecule has 0 bridgehead atoms. The lowest BCUT2D eigenvalue weighted by Gasteiger charge is -2.32. The van der Waals surface area contributed by atoms with Gasteiger partial charge in [-0.15, -0.1) is 0 Å². The molecule has 1 aliphatic heterocycles. The Balaban J connectivity index is 1.80. The highest BCUT2D eigenvalue weighted by Crippen LogP contribution is 2.22. The number of hydrogen-bond donors (Lipinski definition) is 1. The van der Waals surface area contributed by atoms with Crippen LogP contribution in [0.1, 0.15) is 25.3 Å². The van der Waals surface area contributed by atoms with Crippen molar-refractivity contribution < 1.29 is 18.3 Å². The Bertz CT molecular complexity index is 560. The zero-order chi connectivity index (χ0) is 16.2. The topological polar surface area (TPSA) is 66.8 Å². The molecule has 0 amide bonds. The van der Waals surface area contributed by atoms with E-state index >= 15 is 0 Å². The quantitative estimate of drug-likeness (QED) is 0.865. The number of rotatable bonds is 6. The lowest BCUT2D eigenvalue weighted by atomic mass is 9.93. The van der Waals surface area contributed by atoms with Crippen LogP contribution in [0.3, 0.4) is 0 Å². The fourth-order valence-corrected chi connectivity index (χ4v) is 3.98. The van der Waals surface area contributed by atoms with Gasteiger partial charge in [-0.3, -0.25) is 0 Å². The summed E-state index contributed by atoms with van der Waals surface area (Å²) >= 11 is 0. The lowest BCUT2D eigenvalue weighted by molar-refractivity contribution is 0.0911. The van der Waals surface area contributed by atoms with Crippen LogP contribution in [-0.4, -0.2) is 49.4 Å². The van der Waals surface area contributed by atoms with Crippen LogP contribution in [0.15, 0.2) is 24.3 Å². The third kappa shape index (κ3) is 4.69. The van der Waals surface area contributed by atoms with Gasteiger partial charge >= 0.3 is 0 Å². The van der Waals surface area contributed by atoms with Crippen molar-refractivity contribution in [3.8, 4) is 5.75 Å². The SMILES string of the molecule is Cc1ccc(OCCS(=O)(=O)N2CCC([C@H](C)O)CC2)cc1. The van der Waals surface area contributed by atoms with Gasteiger partial charge in [-0.2, -0.15) is 0 Å². The van der Waals surface area contributed by atoms with Crippen molar-refractivity contribution in [3.05, 3.63) is 29.8 Å². The van der Waals surface area contributed by atoms with Crippen molar-refractivity contribution in [3.63, 3.8) is 0 Å². The molecule has 0 saturated carbocycles. The monoisotopic (exact) mass is 327 g/mol. The Morgan fingerprint density at radius 1 is 1.27 bits per heavy atom. The van der Waals surface area contributed by atoms with Gasteiger partial charge in [-0.1, -0.05) is 17.7 Å². The molecule has 124 valence electrons. The van der Waals surface area contributed by atoms with Crippen LogP contribution in [0.2, 0.25) is 0 Å². The summed E-state index contributed by atoms with van der Waals surface area (Å²) in [5.41, 5.74) is 1.14. The number of aryl methyl sites for hydroxylation is 1. The number of aliphatic hydroxyl groups is 1. The van der Waals surface area contributed by atoms with Gasteiger partial charge in [0.25, 0.3) is 0 Å². The van der Waals surface area contributed by atoms with E-state index < -0.39 is 10.0 Å². The molecule has 5 nitrogen and oxygen atoms in total. The summed E-state index contributed by atoms with van der Waals surface area (Å²) in [7, 11) is -3.28. The van der Waals surface area contributed by atoms with E-state index in [4.69, 9.17) is 4.74 Å². The Morgan fingerprint density at radius 3 is 2.41 bits per heavy atom. The lowest BCUT2D eigenvalue weighted by Crippen LogP contribution is -2.42. The molecule has 0 unspecified atom stereocenters. The van der Waals surface area contributed by atoms with Crippen molar-refractivity contribution >= 4 is 10.0 Å². The summed E-state index contributed by atoms with van der Waals surface area (Å²) < 4.78 is 31.6. The zero-order valence-electron chi connectivity index (χ0n) is 13.2. The van der Waals surface area contributed by atoms with E-state index in [9.17, 15) is 13.5 Å². The molecule has 1 saturated heterocycles. The molecule has 1 atom stereocenters. The Hall–Kier alpha value is -1.11. The van der Waals surface area contributed by atoms with Crippen molar-refractivity contribution in [1.29, 1.82) is 0 Å². The standard InChI is InChI=1S/C16H25NO4S/c1-13-3-5-16(6-4-13)21-11-12-22(19,20)17-9-7-15(8-10-17)14(2)18/h3-6,14-15,18H,7-12H2,1-2H3/t14-/m0/s1. The maximum absolute atomic E-state index is 12.3. The fourth-order valence-electron chi connectivity index (χ4n) is 2.66. The smallest absolute Gasteiger partial charge is 0.217 e. The highest BCUT2D eigenvalue weighted by atomic mass is 32.2. The van der Waals surface area contributed by atoms with Gasteiger partial charge in [0.1, 0.15) is 12.4 Å². The normalized spacial score (nSPS) is 19.0. The summed E-state index contributed by atoms with van der Waals surface area (Å²) in [5.74, 6) is 0.879. The van der Waals surface area contributed by atoms with Gasteiger partial charge < -0.3 is 9.84 Å². The second-order valence-electron chi connectivity index (χ2n) is 5.95. The molecule has 1 fully saturated rings. The molecule has 1 N–H and O–H groups in total. The Labute approximate surface area is 133 Å². The molecule has 0 aliphatic carbocycles. The molecular weight excluding hydrogens is 302 g/mol. The van der Waals surface area contributed by atoms with Gasteiger partial charge in [0.2, 0.25) is 10.0 Å². The van der Waals surface area contributed by atoms with E-state index in [1.54, 1.807) is 6.92 Å². The number of benzene rings is 1. The largest absolute Gasteiger partial charge is 0.492 e. The summed E-state index contributed by atoms with van der Waals surface area (Å²) in [6.07, 6.45) is 1.07. The first-order valence-corrected chi connectivity index (χ1v) is 9.35. The van der Waals surface area contributed by atoms with Crippen LogP contribution >= 0.6 is 0 Å². The molecule has 0 radical (unpaired) electrons. The molecule has 6 heteroatoms. The minimum Gasteiger partial charge on any atom is -0.492 e. The van der Waals surface area contributed by atoms with E-state index in [2.05, 4.69) is 0 Å². The predicted molar refractivity (Wildman–Crippen MR) is 86.4 cm³/mol. The summed E-state index contributed by atoms with van der Waals surface area (Å²) in [6.45, 7) is 4.89. The van der Waals surface area contributed by atoms with E-state index in [0.29, 0.717) is 18.8 Å². The van der Waals surface area contributed by atoms with Gasteiger partial charge in [0.15, 0.2) is 0 Å². The fraction of sp³-hybridized carbons (Fsp3) is 0.625. The predicted octanol–water partition coefficient (Wildman–Crippen LogP) is 1.80. The highest BCUT2D eigenvalue weighted by Gasteiger charge is 2.29. The van der Waals surface area contributed by atoms with Crippen LogP contribution in [0.25, 0.3) is 0 Å². The first-order chi connectivity index (χ1) is 10.4. The maximum Gasteiger partial charge on any atom is 0.217 e.